The second kappa shape index (κ2) is 7.93. The van der Waals surface area contributed by atoms with E-state index < -0.39 is 0 Å². The van der Waals surface area contributed by atoms with E-state index in [2.05, 4.69) is 25.7 Å². The van der Waals surface area contributed by atoms with Gasteiger partial charge in [-0.1, -0.05) is 11.6 Å². The number of amides is 2. The molecule has 1 fully saturated rings. The smallest absolute Gasteiger partial charge is 0.256 e. The summed E-state index contributed by atoms with van der Waals surface area (Å²) in [5.74, 6) is -0.342. The molecule has 0 unspecified atom stereocenters. The van der Waals surface area contributed by atoms with Crippen molar-refractivity contribution >= 4 is 34.7 Å². The van der Waals surface area contributed by atoms with Crippen LogP contribution in [0.15, 0.2) is 43.1 Å². The first kappa shape index (κ1) is 18.4. The van der Waals surface area contributed by atoms with Gasteiger partial charge in [0.25, 0.3) is 5.91 Å². The molecule has 3 heterocycles. The van der Waals surface area contributed by atoms with Crippen molar-refractivity contribution in [1.82, 2.24) is 24.9 Å². The van der Waals surface area contributed by atoms with Gasteiger partial charge in [0.2, 0.25) is 5.91 Å². The Balaban J connectivity index is 1.32. The minimum Gasteiger partial charge on any atom is -0.349 e. The number of aromatic nitrogens is 4. The maximum atomic E-state index is 12.6. The molecule has 0 bridgehead atoms. The van der Waals surface area contributed by atoms with Gasteiger partial charge < -0.3 is 10.6 Å². The number of rotatable bonds is 4. The fourth-order valence-corrected chi connectivity index (χ4v) is 3.63. The van der Waals surface area contributed by atoms with Crippen molar-refractivity contribution in [2.45, 2.75) is 31.7 Å². The maximum Gasteiger partial charge on any atom is 0.256 e. The molecule has 1 saturated carbocycles. The van der Waals surface area contributed by atoms with Gasteiger partial charge in [0, 0.05) is 36.7 Å². The Hall–Kier alpha value is -3.00. The first-order valence-corrected chi connectivity index (χ1v) is 9.49. The standard InChI is InChI=1S/C19H19ClN6O2/c20-15-11-21-8-6-16(15)25-18(27)12-2-4-13(5-3-12)24-19(28)14-10-23-26-9-1-7-22-17(14)26/h1,6-13H,2-5H2,(H,24,28)(H,21,25,27). The zero-order valence-corrected chi connectivity index (χ0v) is 15.8. The summed E-state index contributed by atoms with van der Waals surface area (Å²) in [4.78, 5) is 33.2. The molecule has 1 aliphatic rings. The molecular weight excluding hydrogens is 380 g/mol. The van der Waals surface area contributed by atoms with E-state index >= 15 is 0 Å². The number of pyridine rings is 1. The molecule has 0 radical (unpaired) electrons. The Bertz CT molecular complexity index is 1010. The van der Waals surface area contributed by atoms with E-state index in [-0.39, 0.29) is 23.8 Å². The van der Waals surface area contributed by atoms with Gasteiger partial charge in [-0.3, -0.25) is 14.6 Å². The SMILES string of the molecule is O=C(NC1CCC(C(=O)Nc2ccncc2Cl)CC1)c1cnn2cccnc12. The second-order valence-corrected chi connectivity index (χ2v) is 7.22. The average molecular weight is 399 g/mol. The highest BCUT2D eigenvalue weighted by atomic mass is 35.5. The third-order valence-electron chi connectivity index (χ3n) is 4.99. The van der Waals surface area contributed by atoms with Gasteiger partial charge in [-0.15, -0.1) is 0 Å². The highest BCUT2D eigenvalue weighted by Crippen LogP contribution is 2.27. The molecule has 2 N–H and O–H groups in total. The Labute approximate surface area is 166 Å². The molecule has 9 heteroatoms. The van der Waals surface area contributed by atoms with Gasteiger partial charge in [-0.2, -0.15) is 5.10 Å². The second-order valence-electron chi connectivity index (χ2n) is 6.81. The van der Waals surface area contributed by atoms with Crippen molar-refractivity contribution in [3.8, 4) is 0 Å². The Morgan fingerprint density at radius 3 is 2.75 bits per heavy atom. The number of anilines is 1. The van der Waals surface area contributed by atoms with Crippen molar-refractivity contribution in [3.05, 3.63) is 53.7 Å². The van der Waals surface area contributed by atoms with Crippen LogP contribution in [0.5, 0.6) is 0 Å². The minimum atomic E-state index is -0.190. The van der Waals surface area contributed by atoms with Crippen LogP contribution in [0, 0.1) is 5.92 Å². The number of carbonyl (C=O) groups is 2. The molecule has 0 aliphatic heterocycles. The summed E-state index contributed by atoms with van der Waals surface area (Å²) in [5, 5.41) is 10.5. The normalized spacial score (nSPS) is 19.3. The first-order chi connectivity index (χ1) is 13.6. The van der Waals surface area contributed by atoms with Gasteiger partial charge in [0.15, 0.2) is 5.65 Å². The van der Waals surface area contributed by atoms with Crippen molar-refractivity contribution < 1.29 is 9.59 Å². The number of nitrogens with one attached hydrogen (secondary N) is 2. The monoisotopic (exact) mass is 398 g/mol. The number of hydrogen-bond donors (Lipinski definition) is 2. The van der Waals surface area contributed by atoms with Crippen molar-refractivity contribution in [3.63, 3.8) is 0 Å². The number of nitrogens with zero attached hydrogens (tertiary/aromatic N) is 4. The van der Waals surface area contributed by atoms with Crippen molar-refractivity contribution in [2.75, 3.05) is 5.32 Å². The zero-order valence-electron chi connectivity index (χ0n) is 15.0. The van der Waals surface area contributed by atoms with Crippen LogP contribution in [-0.2, 0) is 4.79 Å². The molecular formula is C19H19ClN6O2. The molecule has 28 heavy (non-hydrogen) atoms. The first-order valence-electron chi connectivity index (χ1n) is 9.11. The third kappa shape index (κ3) is 3.82. The fourth-order valence-electron chi connectivity index (χ4n) is 3.46. The summed E-state index contributed by atoms with van der Waals surface area (Å²) in [5.41, 5.74) is 1.55. The lowest BCUT2D eigenvalue weighted by atomic mass is 9.85. The number of hydrogen-bond acceptors (Lipinski definition) is 5. The third-order valence-corrected chi connectivity index (χ3v) is 5.29. The van der Waals surface area contributed by atoms with Crippen LogP contribution < -0.4 is 10.6 Å². The molecule has 0 atom stereocenters. The number of halogens is 1. The fraction of sp³-hybridized carbons (Fsp3) is 0.316. The van der Waals surface area contributed by atoms with E-state index in [1.807, 2.05) is 0 Å². The molecule has 0 saturated heterocycles. The lowest BCUT2D eigenvalue weighted by molar-refractivity contribution is -0.120. The van der Waals surface area contributed by atoms with Crippen molar-refractivity contribution in [2.24, 2.45) is 5.92 Å². The van der Waals surface area contributed by atoms with Gasteiger partial charge in [0.05, 0.1) is 16.9 Å². The van der Waals surface area contributed by atoms with E-state index in [1.54, 1.807) is 35.2 Å². The Morgan fingerprint density at radius 1 is 1.14 bits per heavy atom. The molecule has 144 valence electrons. The van der Waals surface area contributed by atoms with Gasteiger partial charge in [-0.25, -0.2) is 9.50 Å². The van der Waals surface area contributed by atoms with Crippen LogP contribution in [0.3, 0.4) is 0 Å². The molecule has 3 aromatic heterocycles. The molecule has 8 nitrogen and oxygen atoms in total. The van der Waals surface area contributed by atoms with E-state index in [9.17, 15) is 9.59 Å². The van der Waals surface area contributed by atoms with E-state index in [4.69, 9.17) is 11.6 Å². The molecule has 1 aliphatic carbocycles. The maximum absolute atomic E-state index is 12.6. The van der Waals surface area contributed by atoms with Gasteiger partial charge in [-0.05, 0) is 37.8 Å². The van der Waals surface area contributed by atoms with Crippen LogP contribution in [-0.4, -0.2) is 37.4 Å². The summed E-state index contributed by atoms with van der Waals surface area (Å²) >= 11 is 6.04. The average Bonchev–Trinajstić information content (AvgIpc) is 3.14. The number of carbonyl (C=O) groups excluding carboxylic acids is 2. The predicted octanol–water partition coefficient (Wildman–Crippen LogP) is 2.71. The van der Waals surface area contributed by atoms with E-state index in [0.717, 1.165) is 12.8 Å². The quantitative estimate of drug-likeness (QED) is 0.703. The summed E-state index contributed by atoms with van der Waals surface area (Å²) in [7, 11) is 0. The van der Waals surface area contributed by atoms with Crippen LogP contribution in [0.2, 0.25) is 5.02 Å². The predicted molar refractivity (Wildman–Crippen MR) is 104 cm³/mol. The summed E-state index contributed by atoms with van der Waals surface area (Å²) < 4.78 is 1.57. The lowest BCUT2D eigenvalue weighted by Gasteiger charge is -2.28. The highest BCUT2D eigenvalue weighted by molar-refractivity contribution is 6.33. The number of fused-ring (bicyclic) bond motifs is 1. The minimum absolute atomic E-state index is 0.0275. The Morgan fingerprint density at radius 2 is 1.96 bits per heavy atom. The summed E-state index contributed by atoms with van der Waals surface area (Å²) in [6.07, 6.45) is 10.9. The van der Waals surface area contributed by atoms with E-state index in [1.165, 1.54) is 12.4 Å². The van der Waals surface area contributed by atoms with Crippen molar-refractivity contribution in [1.29, 1.82) is 0 Å². The topological polar surface area (TPSA) is 101 Å². The van der Waals surface area contributed by atoms with Crippen LogP contribution >= 0.6 is 11.6 Å². The summed E-state index contributed by atoms with van der Waals surface area (Å²) in [6, 6.07) is 3.46. The molecule has 3 aromatic rings. The van der Waals surface area contributed by atoms with Crippen LogP contribution in [0.25, 0.3) is 5.65 Å². The molecule has 4 rings (SSSR count). The lowest BCUT2D eigenvalue weighted by Crippen LogP contribution is -2.39. The van der Waals surface area contributed by atoms with Crippen LogP contribution in [0.1, 0.15) is 36.0 Å². The zero-order chi connectivity index (χ0) is 19.5. The largest absolute Gasteiger partial charge is 0.349 e. The van der Waals surface area contributed by atoms with E-state index in [0.29, 0.717) is 34.8 Å². The molecule has 2 amide bonds. The summed E-state index contributed by atoms with van der Waals surface area (Å²) in [6.45, 7) is 0. The Kier molecular flexibility index (Phi) is 5.21. The van der Waals surface area contributed by atoms with Crippen LogP contribution in [0.4, 0.5) is 5.69 Å². The highest BCUT2D eigenvalue weighted by Gasteiger charge is 2.28. The van der Waals surface area contributed by atoms with Gasteiger partial charge >= 0.3 is 0 Å². The molecule has 0 aromatic carbocycles. The van der Waals surface area contributed by atoms with Gasteiger partial charge in [0.1, 0.15) is 5.56 Å². The molecule has 0 spiro atoms.